The van der Waals surface area contributed by atoms with E-state index in [1.54, 1.807) is 6.08 Å². The van der Waals surface area contributed by atoms with E-state index in [1.807, 2.05) is 6.08 Å². The van der Waals surface area contributed by atoms with Gasteiger partial charge in [0.25, 0.3) is 0 Å². The van der Waals surface area contributed by atoms with Crippen LogP contribution in [0.4, 0.5) is 0 Å². The summed E-state index contributed by atoms with van der Waals surface area (Å²) in [7, 11) is 0. The van der Waals surface area contributed by atoms with E-state index < -0.39 is 0 Å². The van der Waals surface area contributed by atoms with Crippen molar-refractivity contribution in [2.45, 2.75) is 6.42 Å². The van der Waals surface area contributed by atoms with E-state index in [1.165, 1.54) is 0 Å². The van der Waals surface area contributed by atoms with E-state index in [9.17, 15) is 0 Å². The largest absolute Gasteiger partial charge is 0.384 e. The fourth-order valence-electron chi connectivity index (χ4n) is 1.20. The first kappa shape index (κ1) is 7.86. The van der Waals surface area contributed by atoms with Gasteiger partial charge in [-0.1, -0.05) is 25.8 Å². The maximum atomic E-state index is 3.95. The highest BCUT2D eigenvalue weighted by Crippen LogP contribution is 2.20. The summed E-state index contributed by atoms with van der Waals surface area (Å²) in [5.41, 5.74) is 3.30. The minimum Gasteiger partial charge on any atom is -0.384 e. The van der Waals surface area contributed by atoms with E-state index >= 15 is 0 Å². The van der Waals surface area contributed by atoms with Gasteiger partial charge in [-0.2, -0.15) is 0 Å². The lowest BCUT2D eigenvalue weighted by Crippen LogP contribution is -2.20. The first-order valence-corrected chi connectivity index (χ1v) is 3.70. The summed E-state index contributed by atoms with van der Waals surface area (Å²) in [6.45, 7) is 12.3. The van der Waals surface area contributed by atoms with Crippen LogP contribution in [0, 0.1) is 0 Å². The van der Waals surface area contributed by atoms with E-state index in [2.05, 4.69) is 25.1 Å². The first-order chi connectivity index (χ1) is 5.29. The molecule has 0 radical (unpaired) electrons. The van der Waals surface area contributed by atoms with E-state index in [4.69, 9.17) is 0 Å². The number of nitrogens with one attached hydrogen (secondary N) is 1. The van der Waals surface area contributed by atoms with Crippen LogP contribution in [-0.4, -0.2) is 6.54 Å². The van der Waals surface area contributed by atoms with Crippen molar-refractivity contribution < 1.29 is 0 Å². The molecule has 0 aliphatic carbocycles. The highest BCUT2D eigenvalue weighted by molar-refractivity contribution is 5.46. The summed E-state index contributed by atoms with van der Waals surface area (Å²) in [6, 6.07) is 0. The Labute approximate surface area is 67.8 Å². The molecular formula is C10H13N. The van der Waals surface area contributed by atoms with Crippen LogP contribution < -0.4 is 5.32 Å². The van der Waals surface area contributed by atoms with Crippen LogP contribution in [0.5, 0.6) is 0 Å². The molecule has 0 aromatic heterocycles. The Morgan fingerprint density at radius 3 is 2.45 bits per heavy atom. The summed E-state index contributed by atoms with van der Waals surface area (Å²) in [6.07, 6.45) is 4.63. The molecule has 11 heavy (non-hydrogen) atoms. The lowest BCUT2D eigenvalue weighted by Gasteiger charge is -2.19. The van der Waals surface area contributed by atoms with Gasteiger partial charge in [-0.15, -0.1) is 0 Å². The van der Waals surface area contributed by atoms with E-state index in [-0.39, 0.29) is 0 Å². The van der Waals surface area contributed by atoms with Crippen LogP contribution in [0.3, 0.4) is 0 Å². The van der Waals surface area contributed by atoms with Crippen LogP contribution in [0.1, 0.15) is 6.42 Å². The van der Waals surface area contributed by atoms with E-state index in [0.717, 1.165) is 29.8 Å². The molecule has 0 aromatic carbocycles. The third kappa shape index (κ3) is 1.43. The maximum absolute atomic E-state index is 3.95. The zero-order valence-corrected chi connectivity index (χ0v) is 6.69. The summed E-state index contributed by atoms with van der Waals surface area (Å²) in [4.78, 5) is 0. The first-order valence-electron chi connectivity index (χ1n) is 3.70. The molecule has 0 aromatic rings. The molecule has 0 bridgehead atoms. The Kier molecular flexibility index (Phi) is 2.32. The van der Waals surface area contributed by atoms with Crippen molar-refractivity contribution in [1.82, 2.24) is 5.32 Å². The molecule has 0 spiro atoms. The van der Waals surface area contributed by atoms with Crippen LogP contribution in [0.2, 0.25) is 0 Å². The fourth-order valence-corrected chi connectivity index (χ4v) is 1.20. The number of allylic oxidation sites excluding steroid dienone is 3. The minimum absolute atomic E-state index is 0.956. The minimum atomic E-state index is 0.956. The van der Waals surface area contributed by atoms with Gasteiger partial charge in [0.05, 0.1) is 0 Å². The monoisotopic (exact) mass is 147 g/mol. The maximum Gasteiger partial charge on any atom is 0.0410 e. The number of hydrogen-bond donors (Lipinski definition) is 1. The molecule has 0 saturated carbocycles. The molecule has 1 rings (SSSR count). The average molecular weight is 147 g/mol. The topological polar surface area (TPSA) is 12.0 Å². The molecule has 58 valence electrons. The molecule has 1 aliphatic heterocycles. The molecule has 0 amide bonds. The SMILES string of the molecule is C=CC1=C(C=C)C(=C)CCN1. The fraction of sp³-hybridized carbons (Fsp3) is 0.200. The van der Waals surface area contributed by atoms with Crippen molar-refractivity contribution >= 4 is 0 Å². The van der Waals surface area contributed by atoms with Crippen LogP contribution in [-0.2, 0) is 0 Å². The predicted molar refractivity (Wildman–Crippen MR) is 49.2 cm³/mol. The molecule has 0 atom stereocenters. The molecule has 0 unspecified atom stereocenters. The summed E-state index contributed by atoms with van der Waals surface area (Å²) in [5, 5.41) is 3.23. The molecule has 1 nitrogen and oxygen atoms in total. The molecule has 1 N–H and O–H groups in total. The van der Waals surface area contributed by atoms with Gasteiger partial charge in [-0.3, -0.25) is 0 Å². The Hall–Kier alpha value is -1.24. The zero-order valence-electron chi connectivity index (χ0n) is 6.69. The number of hydrogen-bond acceptors (Lipinski definition) is 1. The quantitative estimate of drug-likeness (QED) is 0.631. The van der Waals surface area contributed by atoms with Gasteiger partial charge in [-0.05, 0) is 23.6 Å². The van der Waals surface area contributed by atoms with Crippen molar-refractivity contribution in [3.63, 3.8) is 0 Å². The molecule has 0 fully saturated rings. The van der Waals surface area contributed by atoms with Gasteiger partial charge in [0.1, 0.15) is 0 Å². The summed E-state index contributed by atoms with van der Waals surface area (Å²) < 4.78 is 0. The second-order valence-electron chi connectivity index (χ2n) is 2.52. The third-order valence-corrected chi connectivity index (χ3v) is 1.82. The Bertz CT molecular complexity index is 233. The second-order valence-corrected chi connectivity index (χ2v) is 2.52. The Morgan fingerprint density at radius 1 is 1.27 bits per heavy atom. The predicted octanol–water partition coefficient (Wildman–Crippen LogP) is 2.16. The third-order valence-electron chi connectivity index (χ3n) is 1.82. The summed E-state index contributed by atoms with van der Waals surface area (Å²) in [5.74, 6) is 0. The highest BCUT2D eigenvalue weighted by atomic mass is 14.9. The van der Waals surface area contributed by atoms with Crippen molar-refractivity contribution in [2.75, 3.05) is 6.54 Å². The van der Waals surface area contributed by atoms with Crippen molar-refractivity contribution in [3.8, 4) is 0 Å². The van der Waals surface area contributed by atoms with Crippen LogP contribution in [0.15, 0.2) is 48.7 Å². The van der Waals surface area contributed by atoms with Gasteiger partial charge in [-0.25, -0.2) is 0 Å². The normalized spacial score (nSPS) is 17.6. The highest BCUT2D eigenvalue weighted by Gasteiger charge is 2.09. The smallest absolute Gasteiger partial charge is 0.0410 e. The molecule has 1 heterocycles. The number of rotatable bonds is 2. The van der Waals surface area contributed by atoms with E-state index in [0.29, 0.717) is 0 Å². The van der Waals surface area contributed by atoms with Crippen LogP contribution in [0.25, 0.3) is 0 Å². The van der Waals surface area contributed by atoms with Crippen molar-refractivity contribution in [3.05, 3.63) is 48.7 Å². The molecule has 0 saturated heterocycles. The Morgan fingerprint density at radius 2 is 2.00 bits per heavy atom. The lowest BCUT2D eigenvalue weighted by atomic mass is 9.99. The summed E-state index contributed by atoms with van der Waals surface area (Å²) >= 11 is 0. The standard InChI is InChI=1S/C10H13N/c1-4-9-8(3)6-7-11-10(9)5-2/h4-5,11H,1-3,6-7H2. The van der Waals surface area contributed by atoms with Gasteiger partial charge in [0.15, 0.2) is 0 Å². The molecular weight excluding hydrogens is 134 g/mol. The zero-order chi connectivity index (χ0) is 8.27. The molecule has 1 heteroatoms. The second kappa shape index (κ2) is 3.24. The lowest BCUT2D eigenvalue weighted by molar-refractivity contribution is 0.767. The Balaban J connectivity index is 3.04. The van der Waals surface area contributed by atoms with Gasteiger partial charge in [0, 0.05) is 12.2 Å². The van der Waals surface area contributed by atoms with Gasteiger partial charge >= 0.3 is 0 Å². The van der Waals surface area contributed by atoms with Gasteiger partial charge < -0.3 is 5.32 Å². The van der Waals surface area contributed by atoms with Gasteiger partial charge in [0.2, 0.25) is 0 Å². The van der Waals surface area contributed by atoms with Crippen molar-refractivity contribution in [2.24, 2.45) is 0 Å². The molecule has 1 aliphatic rings. The average Bonchev–Trinajstić information content (AvgIpc) is 2.04. The van der Waals surface area contributed by atoms with Crippen LogP contribution >= 0.6 is 0 Å². The van der Waals surface area contributed by atoms with Crippen molar-refractivity contribution in [1.29, 1.82) is 0 Å².